The Bertz CT molecular complexity index is 635. The molecule has 0 saturated carbocycles. The van der Waals surface area contributed by atoms with Crippen LogP contribution in [0.25, 0.3) is 0 Å². The van der Waals surface area contributed by atoms with Gasteiger partial charge in [-0.25, -0.2) is 0 Å². The molecule has 29 heavy (non-hydrogen) atoms. The fourth-order valence-electron chi connectivity index (χ4n) is 2.88. The van der Waals surface area contributed by atoms with Gasteiger partial charge in [-0.2, -0.15) is 0 Å². The molecular weight excluding hydrogens is 483 g/mol. The fourth-order valence-corrected chi connectivity index (χ4v) is 2.88. The number of carbonyl (C=O) groups is 1. The number of halogens is 1. The number of guanidine groups is 1. The molecule has 1 aromatic carbocycles. The predicted octanol–water partition coefficient (Wildman–Crippen LogP) is 0.593. The average molecular weight is 518 g/mol. The van der Waals surface area contributed by atoms with Crippen LogP contribution in [0.5, 0.6) is 0 Å². The number of nitrogens with zero attached hydrogens (tertiary/aromatic N) is 3. The molecule has 1 amide bonds. The SMILES string of the molecule is CN=C(NCCN1CCOCC1)NCc1cccc(C(=O)NCCN(C)C)c1.I. The van der Waals surface area contributed by atoms with E-state index in [1.54, 1.807) is 7.05 Å². The molecule has 1 heterocycles. The first kappa shape index (κ1) is 25.6. The summed E-state index contributed by atoms with van der Waals surface area (Å²) in [5.41, 5.74) is 1.71. The number of rotatable bonds is 9. The number of carbonyl (C=O) groups excluding carboxylic acids is 1. The van der Waals surface area contributed by atoms with Crippen LogP contribution in [0.2, 0.25) is 0 Å². The van der Waals surface area contributed by atoms with Gasteiger partial charge in [0.2, 0.25) is 0 Å². The van der Waals surface area contributed by atoms with Crippen molar-refractivity contribution in [1.29, 1.82) is 0 Å². The van der Waals surface area contributed by atoms with Gasteiger partial charge < -0.3 is 25.6 Å². The van der Waals surface area contributed by atoms with E-state index in [0.29, 0.717) is 18.7 Å². The van der Waals surface area contributed by atoms with Gasteiger partial charge in [0.05, 0.1) is 13.2 Å². The Hall–Kier alpha value is -1.43. The molecular formula is C20H35IN6O2. The minimum absolute atomic E-state index is 0. The number of nitrogens with one attached hydrogen (secondary N) is 3. The van der Waals surface area contributed by atoms with Crippen LogP contribution in [-0.4, -0.2) is 95.3 Å². The van der Waals surface area contributed by atoms with E-state index in [4.69, 9.17) is 4.74 Å². The zero-order valence-electron chi connectivity index (χ0n) is 17.7. The molecule has 1 aliphatic heterocycles. The van der Waals surface area contributed by atoms with Crippen molar-refractivity contribution in [2.75, 3.05) is 73.6 Å². The summed E-state index contributed by atoms with van der Waals surface area (Å²) < 4.78 is 5.37. The van der Waals surface area contributed by atoms with Gasteiger partial charge in [0.15, 0.2) is 5.96 Å². The van der Waals surface area contributed by atoms with E-state index in [2.05, 4.69) is 25.8 Å². The number of amides is 1. The maximum atomic E-state index is 12.3. The van der Waals surface area contributed by atoms with E-state index in [9.17, 15) is 4.79 Å². The van der Waals surface area contributed by atoms with Gasteiger partial charge >= 0.3 is 0 Å². The monoisotopic (exact) mass is 518 g/mol. The number of hydrogen-bond acceptors (Lipinski definition) is 5. The van der Waals surface area contributed by atoms with E-state index in [1.165, 1.54) is 0 Å². The van der Waals surface area contributed by atoms with E-state index in [-0.39, 0.29) is 29.9 Å². The van der Waals surface area contributed by atoms with Crippen molar-refractivity contribution < 1.29 is 9.53 Å². The topological polar surface area (TPSA) is 81.2 Å². The lowest BCUT2D eigenvalue weighted by atomic mass is 10.1. The number of ether oxygens (including phenoxy) is 1. The predicted molar refractivity (Wildman–Crippen MR) is 128 cm³/mol. The molecule has 8 nitrogen and oxygen atoms in total. The third kappa shape index (κ3) is 10.2. The highest BCUT2D eigenvalue weighted by Gasteiger charge is 2.10. The fraction of sp³-hybridized carbons (Fsp3) is 0.600. The summed E-state index contributed by atoms with van der Waals surface area (Å²) in [4.78, 5) is 20.9. The highest BCUT2D eigenvalue weighted by Crippen LogP contribution is 2.05. The second kappa shape index (κ2) is 14.5. The first-order chi connectivity index (χ1) is 13.6. The molecule has 164 valence electrons. The highest BCUT2D eigenvalue weighted by atomic mass is 127. The third-order valence-corrected chi connectivity index (χ3v) is 4.54. The lowest BCUT2D eigenvalue weighted by Crippen LogP contribution is -2.44. The van der Waals surface area contributed by atoms with Crippen molar-refractivity contribution in [3.63, 3.8) is 0 Å². The number of morpholine rings is 1. The molecule has 0 aromatic heterocycles. The van der Waals surface area contributed by atoms with Crippen LogP contribution < -0.4 is 16.0 Å². The average Bonchev–Trinajstić information content (AvgIpc) is 2.71. The Kier molecular flexibility index (Phi) is 12.8. The second-order valence-corrected chi connectivity index (χ2v) is 7.07. The molecule has 2 rings (SSSR count). The Morgan fingerprint density at radius 2 is 1.93 bits per heavy atom. The first-order valence-electron chi connectivity index (χ1n) is 9.85. The number of aliphatic imine (C=N–C) groups is 1. The lowest BCUT2D eigenvalue weighted by molar-refractivity contribution is 0.0389. The second-order valence-electron chi connectivity index (χ2n) is 7.07. The lowest BCUT2D eigenvalue weighted by Gasteiger charge is -2.26. The minimum atomic E-state index is -0.0447. The van der Waals surface area contributed by atoms with Gasteiger partial charge in [-0.05, 0) is 31.8 Å². The molecule has 3 N–H and O–H groups in total. The minimum Gasteiger partial charge on any atom is -0.379 e. The summed E-state index contributed by atoms with van der Waals surface area (Å²) in [6, 6.07) is 7.67. The molecule has 1 aliphatic rings. The zero-order valence-corrected chi connectivity index (χ0v) is 20.1. The molecule has 0 radical (unpaired) electrons. The van der Waals surface area contributed by atoms with E-state index in [1.807, 2.05) is 43.3 Å². The smallest absolute Gasteiger partial charge is 0.251 e. The van der Waals surface area contributed by atoms with Crippen LogP contribution in [0, 0.1) is 0 Å². The summed E-state index contributed by atoms with van der Waals surface area (Å²) in [5.74, 6) is 0.714. The van der Waals surface area contributed by atoms with Crippen LogP contribution in [0.4, 0.5) is 0 Å². The summed E-state index contributed by atoms with van der Waals surface area (Å²) in [6.07, 6.45) is 0. The van der Waals surface area contributed by atoms with Crippen molar-refractivity contribution in [1.82, 2.24) is 25.8 Å². The molecule has 0 bridgehead atoms. The molecule has 9 heteroatoms. The van der Waals surface area contributed by atoms with Crippen LogP contribution >= 0.6 is 24.0 Å². The molecule has 1 fully saturated rings. The van der Waals surface area contributed by atoms with Crippen LogP contribution in [0.15, 0.2) is 29.3 Å². The van der Waals surface area contributed by atoms with Gasteiger partial charge in [0.1, 0.15) is 0 Å². The molecule has 1 aromatic rings. The van der Waals surface area contributed by atoms with Gasteiger partial charge in [-0.1, -0.05) is 12.1 Å². The molecule has 0 aliphatic carbocycles. The van der Waals surface area contributed by atoms with Gasteiger partial charge in [0.25, 0.3) is 5.91 Å². The van der Waals surface area contributed by atoms with Crippen molar-refractivity contribution >= 4 is 35.8 Å². The third-order valence-electron chi connectivity index (χ3n) is 4.54. The Morgan fingerprint density at radius 3 is 2.62 bits per heavy atom. The quantitative estimate of drug-likeness (QED) is 0.253. The maximum absolute atomic E-state index is 12.3. The van der Waals surface area contributed by atoms with Gasteiger partial charge in [-0.15, -0.1) is 24.0 Å². The van der Waals surface area contributed by atoms with Crippen molar-refractivity contribution in [2.45, 2.75) is 6.54 Å². The molecule has 0 unspecified atom stereocenters. The Balaban J connectivity index is 0.00000420. The standard InChI is InChI=1S/C20H34N6O2.HI/c1-21-20(23-8-10-26-11-13-28-14-12-26)24-16-17-5-4-6-18(15-17)19(27)22-7-9-25(2)3;/h4-6,15H,7-14,16H2,1-3H3,(H,22,27)(H2,21,23,24);1H. The first-order valence-corrected chi connectivity index (χ1v) is 9.85. The van der Waals surface area contributed by atoms with Crippen LogP contribution in [0.3, 0.4) is 0 Å². The normalized spacial score (nSPS) is 15.0. The van der Waals surface area contributed by atoms with Crippen LogP contribution in [-0.2, 0) is 11.3 Å². The zero-order chi connectivity index (χ0) is 20.2. The number of likely N-dealkylation sites (N-methyl/N-ethyl adjacent to an activating group) is 1. The summed E-state index contributed by atoms with van der Waals surface area (Å²) >= 11 is 0. The van der Waals surface area contributed by atoms with Crippen molar-refractivity contribution in [2.24, 2.45) is 4.99 Å². The van der Waals surface area contributed by atoms with E-state index in [0.717, 1.165) is 57.5 Å². The number of benzene rings is 1. The summed E-state index contributed by atoms with van der Waals surface area (Å²) in [7, 11) is 5.74. The molecule has 0 spiro atoms. The Labute approximate surface area is 191 Å². The van der Waals surface area contributed by atoms with Gasteiger partial charge in [0, 0.05) is 58.4 Å². The number of hydrogen-bond donors (Lipinski definition) is 3. The van der Waals surface area contributed by atoms with E-state index >= 15 is 0 Å². The highest BCUT2D eigenvalue weighted by molar-refractivity contribution is 14.0. The van der Waals surface area contributed by atoms with Crippen molar-refractivity contribution in [3.8, 4) is 0 Å². The summed E-state index contributed by atoms with van der Waals surface area (Å²) in [6.45, 7) is 7.44. The largest absolute Gasteiger partial charge is 0.379 e. The maximum Gasteiger partial charge on any atom is 0.251 e. The molecule has 1 saturated heterocycles. The van der Waals surface area contributed by atoms with E-state index < -0.39 is 0 Å². The molecule has 0 atom stereocenters. The van der Waals surface area contributed by atoms with Crippen LogP contribution in [0.1, 0.15) is 15.9 Å². The van der Waals surface area contributed by atoms with Gasteiger partial charge in [-0.3, -0.25) is 14.7 Å². The summed E-state index contributed by atoms with van der Waals surface area (Å²) in [5, 5.41) is 9.58. The Morgan fingerprint density at radius 1 is 1.17 bits per heavy atom. The van der Waals surface area contributed by atoms with Crippen molar-refractivity contribution in [3.05, 3.63) is 35.4 Å².